The van der Waals surface area contributed by atoms with E-state index in [9.17, 15) is 4.79 Å². The Hall–Kier alpha value is -1.56. The van der Waals surface area contributed by atoms with Crippen molar-refractivity contribution in [3.63, 3.8) is 0 Å². The van der Waals surface area contributed by atoms with E-state index >= 15 is 0 Å². The lowest BCUT2D eigenvalue weighted by Gasteiger charge is -2.00. The summed E-state index contributed by atoms with van der Waals surface area (Å²) >= 11 is 0. The summed E-state index contributed by atoms with van der Waals surface area (Å²) < 4.78 is 1.46. The molecule has 0 spiro atoms. The van der Waals surface area contributed by atoms with Crippen LogP contribution in [0.25, 0.3) is 0 Å². The maximum Gasteiger partial charge on any atom is 0.268 e. The second kappa shape index (κ2) is 2.59. The SMILES string of the molecule is Cc1ccc(C#N)c(=O)n1C. The zero-order valence-corrected chi connectivity index (χ0v) is 6.46. The summed E-state index contributed by atoms with van der Waals surface area (Å²) in [5.41, 5.74) is 0.819. The smallest absolute Gasteiger partial charge is 0.268 e. The van der Waals surface area contributed by atoms with E-state index < -0.39 is 0 Å². The van der Waals surface area contributed by atoms with Crippen LogP contribution in [0.3, 0.4) is 0 Å². The molecule has 3 heteroatoms. The molecular weight excluding hydrogens is 140 g/mol. The third kappa shape index (κ3) is 1.15. The molecule has 3 nitrogen and oxygen atoms in total. The van der Waals surface area contributed by atoms with E-state index in [1.807, 2.05) is 13.0 Å². The Morgan fingerprint density at radius 2 is 2.18 bits per heavy atom. The van der Waals surface area contributed by atoms with Crippen molar-refractivity contribution in [2.24, 2.45) is 7.05 Å². The second-order valence-electron chi connectivity index (χ2n) is 2.36. The number of hydrogen-bond donors (Lipinski definition) is 0. The monoisotopic (exact) mass is 148 g/mol. The van der Waals surface area contributed by atoms with Crippen LogP contribution in [0.2, 0.25) is 0 Å². The van der Waals surface area contributed by atoms with Gasteiger partial charge in [-0.05, 0) is 19.1 Å². The molecule has 0 aromatic carbocycles. The van der Waals surface area contributed by atoms with Gasteiger partial charge in [-0.25, -0.2) is 0 Å². The molecule has 0 bridgehead atoms. The van der Waals surface area contributed by atoms with Gasteiger partial charge in [0.1, 0.15) is 11.6 Å². The molecule has 1 aromatic heterocycles. The van der Waals surface area contributed by atoms with Crippen LogP contribution in [-0.2, 0) is 7.05 Å². The van der Waals surface area contributed by atoms with Crippen LogP contribution >= 0.6 is 0 Å². The number of aromatic nitrogens is 1. The van der Waals surface area contributed by atoms with Crippen LogP contribution < -0.4 is 5.56 Å². The fraction of sp³-hybridized carbons (Fsp3) is 0.250. The topological polar surface area (TPSA) is 45.8 Å². The molecule has 1 rings (SSSR count). The van der Waals surface area contributed by atoms with Gasteiger partial charge in [0, 0.05) is 12.7 Å². The minimum atomic E-state index is -0.229. The molecule has 0 radical (unpaired) electrons. The molecule has 0 saturated heterocycles. The maximum atomic E-state index is 11.2. The summed E-state index contributed by atoms with van der Waals surface area (Å²) in [4.78, 5) is 11.2. The fourth-order valence-corrected chi connectivity index (χ4v) is 0.813. The number of aryl methyl sites for hydroxylation is 1. The Morgan fingerprint density at radius 1 is 1.55 bits per heavy atom. The van der Waals surface area contributed by atoms with Crippen molar-refractivity contribution in [2.45, 2.75) is 6.92 Å². The van der Waals surface area contributed by atoms with Gasteiger partial charge in [0.15, 0.2) is 0 Å². The van der Waals surface area contributed by atoms with Gasteiger partial charge in [-0.1, -0.05) is 0 Å². The van der Waals surface area contributed by atoms with Crippen molar-refractivity contribution >= 4 is 0 Å². The van der Waals surface area contributed by atoms with Gasteiger partial charge >= 0.3 is 0 Å². The lowest BCUT2D eigenvalue weighted by atomic mass is 10.2. The Kier molecular flexibility index (Phi) is 1.77. The minimum absolute atomic E-state index is 0.193. The van der Waals surface area contributed by atoms with Crippen LogP contribution in [0, 0.1) is 18.3 Å². The number of nitriles is 1. The summed E-state index contributed by atoms with van der Waals surface area (Å²) in [6.45, 7) is 1.82. The zero-order valence-electron chi connectivity index (χ0n) is 6.46. The predicted octanol–water partition coefficient (Wildman–Crippen LogP) is 0.565. The van der Waals surface area contributed by atoms with E-state index in [0.717, 1.165) is 5.69 Å². The minimum Gasteiger partial charge on any atom is -0.315 e. The Morgan fingerprint density at radius 3 is 2.73 bits per heavy atom. The maximum absolute atomic E-state index is 11.2. The third-order valence-corrected chi connectivity index (χ3v) is 1.68. The van der Waals surface area contributed by atoms with E-state index in [4.69, 9.17) is 5.26 Å². The van der Waals surface area contributed by atoms with E-state index in [0.29, 0.717) is 0 Å². The number of pyridine rings is 1. The summed E-state index contributed by atoms with van der Waals surface area (Å²) in [5, 5.41) is 8.47. The second-order valence-corrected chi connectivity index (χ2v) is 2.36. The average molecular weight is 148 g/mol. The van der Waals surface area contributed by atoms with Gasteiger partial charge in [-0.2, -0.15) is 5.26 Å². The van der Waals surface area contributed by atoms with Gasteiger partial charge in [0.2, 0.25) is 0 Å². The predicted molar refractivity (Wildman–Crippen MR) is 41.1 cm³/mol. The van der Waals surface area contributed by atoms with Crippen LogP contribution in [-0.4, -0.2) is 4.57 Å². The summed E-state index contributed by atoms with van der Waals surface area (Å²) in [6, 6.07) is 5.12. The van der Waals surface area contributed by atoms with Crippen LogP contribution in [0.15, 0.2) is 16.9 Å². The van der Waals surface area contributed by atoms with E-state index in [2.05, 4.69) is 0 Å². The van der Waals surface area contributed by atoms with Gasteiger partial charge < -0.3 is 4.57 Å². The molecule has 0 N–H and O–H groups in total. The largest absolute Gasteiger partial charge is 0.315 e. The summed E-state index contributed by atoms with van der Waals surface area (Å²) in [6.07, 6.45) is 0. The van der Waals surface area contributed by atoms with Crippen molar-refractivity contribution in [3.8, 4) is 6.07 Å². The van der Waals surface area contributed by atoms with Crippen molar-refractivity contribution in [1.82, 2.24) is 4.57 Å². The lowest BCUT2D eigenvalue weighted by Crippen LogP contribution is -2.20. The molecule has 0 unspecified atom stereocenters. The summed E-state index contributed by atoms with van der Waals surface area (Å²) in [7, 11) is 1.65. The van der Waals surface area contributed by atoms with E-state index in [1.165, 1.54) is 10.6 Å². The standard InChI is InChI=1S/C8H8N2O/c1-6-3-4-7(5-9)8(11)10(6)2/h3-4H,1-2H3. The molecule has 0 aliphatic heterocycles. The molecule has 56 valence electrons. The molecule has 1 aromatic rings. The Bertz CT molecular complexity index is 371. The lowest BCUT2D eigenvalue weighted by molar-refractivity contribution is 0.814. The normalized spacial score (nSPS) is 9.18. The molecule has 0 fully saturated rings. The molecule has 11 heavy (non-hydrogen) atoms. The number of nitrogens with zero attached hydrogens (tertiary/aromatic N) is 2. The first kappa shape index (κ1) is 7.55. The first-order valence-corrected chi connectivity index (χ1v) is 3.23. The van der Waals surface area contributed by atoms with Crippen molar-refractivity contribution in [1.29, 1.82) is 5.26 Å². The molecule has 0 saturated carbocycles. The van der Waals surface area contributed by atoms with Gasteiger partial charge in [-0.15, -0.1) is 0 Å². The van der Waals surface area contributed by atoms with Crippen LogP contribution in [0.1, 0.15) is 11.3 Å². The van der Waals surface area contributed by atoms with E-state index in [-0.39, 0.29) is 11.1 Å². The highest BCUT2D eigenvalue weighted by Crippen LogP contribution is 1.93. The molecule has 0 aliphatic rings. The third-order valence-electron chi connectivity index (χ3n) is 1.68. The van der Waals surface area contributed by atoms with E-state index in [1.54, 1.807) is 13.1 Å². The zero-order chi connectivity index (χ0) is 8.43. The molecule has 0 amide bonds. The van der Waals surface area contributed by atoms with Crippen LogP contribution in [0.4, 0.5) is 0 Å². The van der Waals surface area contributed by atoms with Gasteiger partial charge in [0.25, 0.3) is 5.56 Å². The molecule has 1 heterocycles. The molecule has 0 atom stereocenters. The number of hydrogen-bond acceptors (Lipinski definition) is 2. The first-order valence-electron chi connectivity index (χ1n) is 3.23. The van der Waals surface area contributed by atoms with Crippen molar-refractivity contribution in [2.75, 3.05) is 0 Å². The van der Waals surface area contributed by atoms with Crippen molar-refractivity contribution in [3.05, 3.63) is 33.7 Å². The highest BCUT2D eigenvalue weighted by Gasteiger charge is 1.99. The van der Waals surface area contributed by atoms with Gasteiger partial charge in [0.05, 0.1) is 0 Å². The number of rotatable bonds is 0. The highest BCUT2D eigenvalue weighted by molar-refractivity contribution is 5.26. The Labute approximate surface area is 64.5 Å². The molecule has 0 aliphatic carbocycles. The average Bonchev–Trinajstić information content (AvgIpc) is 2.01. The molecular formula is C8H8N2O. The summed E-state index contributed by atoms with van der Waals surface area (Å²) in [5.74, 6) is 0. The van der Waals surface area contributed by atoms with Gasteiger partial charge in [-0.3, -0.25) is 4.79 Å². The first-order chi connectivity index (χ1) is 5.16. The fourth-order valence-electron chi connectivity index (χ4n) is 0.813. The van der Waals surface area contributed by atoms with Crippen molar-refractivity contribution < 1.29 is 0 Å². The quantitative estimate of drug-likeness (QED) is 0.539. The highest BCUT2D eigenvalue weighted by atomic mass is 16.1. The van der Waals surface area contributed by atoms with Crippen LogP contribution in [0.5, 0.6) is 0 Å². The Balaban J connectivity index is 3.53.